The number of amides is 1. The molecule has 0 fully saturated rings. The van der Waals surface area contributed by atoms with Gasteiger partial charge in [-0.1, -0.05) is 36.4 Å². The van der Waals surface area contributed by atoms with E-state index in [1.165, 1.54) is 0 Å². The number of ether oxygens (including phenoxy) is 1. The van der Waals surface area contributed by atoms with E-state index in [0.29, 0.717) is 0 Å². The maximum atomic E-state index is 11.8. The third-order valence-corrected chi connectivity index (χ3v) is 3.71. The number of anilines is 1. The molecule has 2 aromatic carbocycles. The molecule has 116 valence electrons. The fourth-order valence-electron chi connectivity index (χ4n) is 2.05. The Morgan fingerprint density at radius 1 is 1.09 bits per heavy atom. The van der Waals surface area contributed by atoms with Crippen molar-refractivity contribution in [1.82, 2.24) is 0 Å². The molecule has 0 atom stereocenters. The Labute approximate surface area is 136 Å². The van der Waals surface area contributed by atoms with Crippen LogP contribution in [0.3, 0.4) is 0 Å². The minimum atomic E-state index is -0.504. The molecule has 0 unspecified atom stereocenters. The Morgan fingerprint density at radius 3 is 2.36 bits per heavy atom. The van der Waals surface area contributed by atoms with Crippen LogP contribution in [0.15, 0.2) is 53.4 Å². The highest BCUT2D eigenvalue weighted by Crippen LogP contribution is 2.32. The van der Waals surface area contributed by atoms with Crippen LogP contribution in [0.5, 0.6) is 0 Å². The molecule has 0 saturated carbocycles. The van der Waals surface area contributed by atoms with E-state index < -0.39 is 11.7 Å². The molecule has 0 spiro atoms. The van der Waals surface area contributed by atoms with Gasteiger partial charge < -0.3 is 4.74 Å². The molecule has 4 heteroatoms. The number of hydrogen-bond donors (Lipinski definition) is 1. The minimum absolute atomic E-state index is 0.438. The van der Waals surface area contributed by atoms with E-state index in [1.54, 1.807) is 11.8 Å². The Morgan fingerprint density at radius 2 is 1.77 bits per heavy atom. The number of benzene rings is 2. The summed E-state index contributed by atoms with van der Waals surface area (Å²) in [6.45, 7) is 5.54. The predicted octanol–water partition coefficient (Wildman–Crippen LogP) is 5.42. The number of hydrogen-bond acceptors (Lipinski definition) is 3. The van der Waals surface area contributed by atoms with Gasteiger partial charge >= 0.3 is 6.09 Å². The first kappa shape index (κ1) is 16.4. The molecule has 0 aliphatic rings. The SMILES string of the molecule is CSc1cc(NC(=O)OC(C)(C)C)ccc1-c1ccccc1. The van der Waals surface area contributed by atoms with Gasteiger partial charge in [0.05, 0.1) is 0 Å². The summed E-state index contributed by atoms with van der Waals surface area (Å²) in [5, 5.41) is 2.78. The number of carbonyl (C=O) groups excluding carboxylic acids is 1. The Hall–Kier alpha value is -1.94. The normalized spacial score (nSPS) is 11.1. The number of carbonyl (C=O) groups is 1. The Balaban J connectivity index is 2.21. The van der Waals surface area contributed by atoms with Crippen molar-refractivity contribution < 1.29 is 9.53 Å². The minimum Gasteiger partial charge on any atom is -0.444 e. The van der Waals surface area contributed by atoms with Crippen molar-refractivity contribution in [2.75, 3.05) is 11.6 Å². The lowest BCUT2D eigenvalue weighted by atomic mass is 10.1. The molecule has 0 saturated heterocycles. The number of thioether (sulfide) groups is 1. The summed E-state index contributed by atoms with van der Waals surface area (Å²) in [6.07, 6.45) is 1.59. The zero-order chi connectivity index (χ0) is 16.2. The van der Waals surface area contributed by atoms with Gasteiger partial charge in [-0.25, -0.2) is 4.79 Å². The van der Waals surface area contributed by atoms with Gasteiger partial charge in [-0.15, -0.1) is 11.8 Å². The van der Waals surface area contributed by atoms with Crippen molar-refractivity contribution in [3.63, 3.8) is 0 Å². The van der Waals surface area contributed by atoms with Gasteiger partial charge in [0.25, 0.3) is 0 Å². The molecule has 0 heterocycles. The Kier molecular flexibility index (Phi) is 5.14. The van der Waals surface area contributed by atoms with E-state index in [-0.39, 0.29) is 0 Å². The van der Waals surface area contributed by atoms with Crippen LogP contribution in [0.4, 0.5) is 10.5 Å². The fourth-order valence-corrected chi connectivity index (χ4v) is 2.70. The van der Waals surface area contributed by atoms with Crippen molar-refractivity contribution in [1.29, 1.82) is 0 Å². The molecule has 2 rings (SSSR count). The average molecular weight is 315 g/mol. The van der Waals surface area contributed by atoms with Crippen molar-refractivity contribution in [3.05, 3.63) is 48.5 Å². The van der Waals surface area contributed by atoms with Gasteiger partial charge in [-0.3, -0.25) is 5.32 Å². The van der Waals surface area contributed by atoms with E-state index in [0.717, 1.165) is 21.7 Å². The van der Waals surface area contributed by atoms with Gasteiger partial charge in [0.2, 0.25) is 0 Å². The summed E-state index contributed by atoms with van der Waals surface area (Å²) in [5.41, 5.74) is 2.55. The Bertz CT molecular complexity index is 648. The summed E-state index contributed by atoms with van der Waals surface area (Å²) in [4.78, 5) is 13.0. The fraction of sp³-hybridized carbons (Fsp3) is 0.278. The first-order chi connectivity index (χ1) is 10.4. The second-order valence-corrected chi connectivity index (χ2v) is 6.76. The van der Waals surface area contributed by atoms with Gasteiger partial charge in [-0.05, 0) is 50.3 Å². The van der Waals surface area contributed by atoms with Crippen molar-refractivity contribution >= 4 is 23.5 Å². The topological polar surface area (TPSA) is 38.3 Å². The molecule has 1 N–H and O–H groups in total. The third-order valence-electron chi connectivity index (χ3n) is 2.93. The maximum absolute atomic E-state index is 11.8. The summed E-state index contributed by atoms with van der Waals surface area (Å²) < 4.78 is 5.27. The molecule has 0 aliphatic heterocycles. The van der Waals surface area contributed by atoms with Crippen LogP contribution in [0.1, 0.15) is 20.8 Å². The molecule has 0 aromatic heterocycles. The molecule has 0 bridgehead atoms. The van der Waals surface area contributed by atoms with Crippen LogP contribution in [-0.4, -0.2) is 18.0 Å². The second-order valence-electron chi connectivity index (χ2n) is 5.91. The van der Waals surface area contributed by atoms with Crippen LogP contribution < -0.4 is 5.32 Å². The van der Waals surface area contributed by atoms with Gasteiger partial charge in [0, 0.05) is 10.6 Å². The highest BCUT2D eigenvalue weighted by atomic mass is 32.2. The van der Waals surface area contributed by atoms with Crippen molar-refractivity contribution in [2.45, 2.75) is 31.3 Å². The van der Waals surface area contributed by atoms with Gasteiger partial charge in [0.1, 0.15) is 5.60 Å². The lowest BCUT2D eigenvalue weighted by Gasteiger charge is -2.20. The van der Waals surface area contributed by atoms with Crippen LogP contribution >= 0.6 is 11.8 Å². The van der Waals surface area contributed by atoms with Crippen LogP contribution in [-0.2, 0) is 4.74 Å². The standard InChI is InChI=1S/C18H21NO2S/c1-18(2,3)21-17(20)19-14-10-11-15(16(12-14)22-4)13-8-6-5-7-9-13/h5-12H,1-4H3,(H,19,20). The van der Waals surface area contributed by atoms with Crippen LogP contribution in [0.25, 0.3) is 11.1 Å². The largest absolute Gasteiger partial charge is 0.444 e. The molecule has 3 nitrogen and oxygen atoms in total. The first-order valence-electron chi connectivity index (χ1n) is 7.12. The summed E-state index contributed by atoms with van der Waals surface area (Å²) in [5.74, 6) is 0. The second kappa shape index (κ2) is 6.88. The molecular formula is C18H21NO2S. The van der Waals surface area contributed by atoms with E-state index in [4.69, 9.17) is 4.74 Å². The number of nitrogens with one attached hydrogen (secondary N) is 1. The van der Waals surface area contributed by atoms with Crippen molar-refractivity contribution in [2.24, 2.45) is 0 Å². The zero-order valence-corrected chi connectivity index (χ0v) is 14.2. The van der Waals surface area contributed by atoms with Crippen LogP contribution in [0, 0.1) is 0 Å². The molecule has 22 heavy (non-hydrogen) atoms. The zero-order valence-electron chi connectivity index (χ0n) is 13.3. The van der Waals surface area contributed by atoms with Crippen LogP contribution in [0.2, 0.25) is 0 Å². The molecular weight excluding hydrogens is 294 g/mol. The molecule has 1 amide bonds. The predicted molar refractivity (Wildman–Crippen MR) is 93.5 cm³/mol. The van der Waals surface area contributed by atoms with E-state index >= 15 is 0 Å². The smallest absolute Gasteiger partial charge is 0.412 e. The average Bonchev–Trinajstić information content (AvgIpc) is 2.46. The van der Waals surface area contributed by atoms with Gasteiger partial charge in [-0.2, -0.15) is 0 Å². The summed E-state index contributed by atoms with van der Waals surface area (Å²) in [7, 11) is 0. The van der Waals surface area contributed by atoms with E-state index in [1.807, 2.05) is 63.4 Å². The lowest BCUT2D eigenvalue weighted by Crippen LogP contribution is -2.27. The van der Waals surface area contributed by atoms with Crippen molar-refractivity contribution in [3.8, 4) is 11.1 Å². The summed E-state index contributed by atoms with van der Waals surface area (Å²) in [6, 6.07) is 16.1. The summed E-state index contributed by atoms with van der Waals surface area (Å²) >= 11 is 1.65. The molecule has 2 aromatic rings. The maximum Gasteiger partial charge on any atom is 0.412 e. The molecule has 0 aliphatic carbocycles. The monoisotopic (exact) mass is 315 g/mol. The third kappa shape index (κ3) is 4.53. The highest BCUT2D eigenvalue weighted by molar-refractivity contribution is 7.98. The molecule has 0 radical (unpaired) electrons. The van der Waals surface area contributed by atoms with Gasteiger partial charge in [0.15, 0.2) is 0 Å². The quantitative estimate of drug-likeness (QED) is 0.768. The lowest BCUT2D eigenvalue weighted by molar-refractivity contribution is 0.0636. The van der Waals surface area contributed by atoms with E-state index in [9.17, 15) is 4.79 Å². The number of rotatable bonds is 3. The first-order valence-corrected chi connectivity index (χ1v) is 8.35. The highest BCUT2D eigenvalue weighted by Gasteiger charge is 2.16. The van der Waals surface area contributed by atoms with E-state index in [2.05, 4.69) is 17.4 Å².